The van der Waals surface area contributed by atoms with Crippen LogP contribution in [0, 0.1) is 29.9 Å². The number of anilines is 1. The molecule has 128 valence electrons. The lowest BCUT2D eigenvalue weighted by atomic mass is 9.98. The zero-order valence-corrected chi connectivity index (χ0v) is 13.9. The van der Waals surface area contributed by atoms with Crippen molar-refractivity contribution < 1.29 is 13.6 Å². The van der Waals surface area contributed by atoms with Crippen molar-refractivity contribution in [2.75, 3.05) is 5.32 Å². The van der Waals surface area contributed by atoms with Crippen LogP contribution in [0.15, 0.2) is 60.7 Å². The van der Waals surface area contributed by atoms with E-state index in [0.717, 1.165) is 28.8 Å². The van der Waals surface area contributed by atoms with Crippen LogP contribution < -0.4 is 5.32 Å². The third-order valence-electron chi connectivity index (χ3n) is 4.01. The first-order valence-corrected chi connectivity index (χ1v) is 7.86. The maximum atomic E-state index is 13.7. The molecule has 0 bridgehead atoms. The van der Waals surface area contributed by atoms with Gasteiger partial charge in [-0.2, -0.15) is 5.26 Å². The van der Waals surface area contributed by atoms with Crippen molar-refractivity contribution in [3.63, 3.8) is 0 Å². The first kappa shape index (κ1) is 17.3. The molecule has 3 aromatic rings. The lowest BCUT2D eigenvalue weighted by Crippen LogP contribution is -2.15. The zero-order valence-electron chi connectivity index (χ0n) is 13.9. The first-order valence-electron chi connectivity index (χ1n) is 7.86. The Morgan fingerprint density at radius 2 is 1.65 bits per heavy atom. The van der Waals surface area contributed by atoms with Gasteiger partial charge in [0.25, 0.3) is 5.91 Å². The van der Waals surface area contributed by atoms with Gasteiger partial charge in [-0.05, 0) is 60.0 Å². The standard InChI is InChI=1S/C21H14F2N2O/c1-13-5-6-14(12-24)11-17(13)15-7-9-16(10-8-15)25-21(26)20-18(22)3-2-4-19(20)23/h2-11H,1H3,(H,25,26). The van der Waals surface area contributed by atoms with Crippen LogP contribution in [0.4, 0.5) is 14.5 Å². The van der Waals surface area contributed by atoms with Crippen molar-refractivity contribution >= 4 is 11.6 Å². The number of hydrogen-bond donors (Lipinski definition) is 1. The quantitative estimate of drug-likeness (QED) is 0.719. The molecule has 3 nitrogen and oxygen atoms in total. The summed E-state index contributed by atoms with van der Waals surface area (Å²) < 4.78 is 27.4. The van der Waals surface area contributed by atoms with E-state index in [1.54, 1.807) is 36.4 Å². The molecule has 0 aliphatic carbocycles. The van der Waals surface area contributed by atoms with Crippen LogP contribution in [0.5, 0.6) is 0 Å². The Labute approximate surface area is 149 Å². The summed E-state index contributed by atoms with van der Waals surface area (Å²) in [6, 6.07) is 17.6. The number of nitrogens with one attached hydrogen (secondary N) is 1. The average Bonchev–Trinajstić information content (AvgIpc) is 2.63. The van der Waals surface area contributed by atoms with Crippen LogP contribution in [0.2, 0.25) is 0 Å². The summed E-state index contributed by atoms with van der Waals surface area (Å²) in [7, 11) is 0. The molecule has 0 saturated carbocycles. The van der Waals surface area contributed by atoms with Gasteiger partial charge in [-0.1, -0.05) is 24.3 Å². The summed E-state index contributed by atoms with van der Waals surface area (Å²) in [5, 5.41) is 11.5. The number of benzene rings is 3. The minimum absolute atomic E-state index is 0.412. The Hall–Kier alpha value is -3.52. The molecule has 5 heteroatoms. The van der Waals surface area contributed by atoms with Crippen LogP contribution >= 0.6 is 0 Å². The van der Waals surface area contributed by atoms with Crippen molar-refractivity contribution in [2.45, 2.75) is 6.92 Å². The molecule has 3 aromatic carbocycles. The molecule has 0 fully saturated rings. The van der Waals surface area contributed by atoms with Gasteiger partial charge in [0.05, 0.1) is 11.6 Å². The van der Waals surface area contributed by atoms with Crippen molar-refractivity contribution in [3.8, 4) is 17.2 Å². The third-order valence-corrected chi connectivity index (χ3v) is 4.01. The molecule has 0 atom stereocenters. The van der Waals surface area contributed by atoms with Crippen molar-refractivity contribution in [2.24, 2.45) is 0 Å². The lowest BCUT2D eigenvalue weighted by Gasteiger charge is -2.10. The molecule has 0 spiro atoms. The topological polar surface area (TPSA) is 52.9 Å². The van der Waals surface area contributed by atoms with Gasteiger partial charge in [-0.15, -0.1) is 0 Å². The van der Waals surface area contributed by atoms with Crippen LogP contribution in [-0.2, 0) is 0 Å². The van der Waals surface area contributed by atoms with Gasteiger partial charge >= 0.3 is 0 Å². The highest BCUT2D eigenvalue weighted by Gasteiger charge is 2.17. The molecule has 0 heterocycles. The van der Waals surface area contributed by atoms with Crippen LogP contribution in [0.3, 0.4) is 0 Å². The summed E-state index contributed by atoms with van der Waals surface area (Å²) in [4.78, 5) is 12.1. The number of nitrogens with zero attached hydrogens (tertiary/aromatic N) is 1. The molecule has 26 heavy (non-hydrogen) atoms. The summed E-state index contributed by atoms with van der Waals surface area (Å²) in [6.45, 7) is 1.94. The highest BCUT2D eigenvalue weighted by molar-refractivity contribution is 6.04. The number of carbonyl (C=O) groups is 1. The normalized spacial score (nSPS) is 10.2. The summed E-state index contributed by atoms with van der Waals surface area (Å²) in [6.07, 6.45) is 0. The van der Waals surface area contributed by atoms with E-state index >= 15 is 0 Å². The van der Waals surface area contributed by atoms with Crippen molar-refractivity contribution in [3.05, 3.63) is 89.0 Å². The number of rotatable bonds is 3. The molecule has 0 saturated heterocycles. The van der Waals surface area contributed by atoms with E-state index < -0.39 is 23.1 Å². The van der Waals surface area contributed by atoms with Crippen molar-refractivity contribution in [1.29, 1.82) is 5.26 Å². The largest absolute Gasteiger partial charge is 0.322 e. The van der Waals surface area contributed by atoms with Crippen LogP contribution in [0.25, 0.3) is 11.1 Å². The Kier molecular flexibility index (Phi) is 4.76. The third kappa shape index (κ3) is 3.45. The molecule has 0 aliphatic heterocycles. The number of aryl methyl sites for hydroxylation is 1. The van der Waals surface area contributed by atoms with E-state index in [4.69, 9.17) is 5.26 Å². The monoisotopic (exact) mass is 348 g/mol. The van der Waals surface area contributed by atoms with Gasteiger partial charge in [-0.25, -0.2) is 8.78 Å². The molecule has 0 aliphatic rings. The minimum atomic E-state index is -0.914. The van der Waals surface area contributed by atoms with E-state index in [1.165, 1.54) is 6.07 Å². The highest BCUT2D eigenvalue weighted by atomic mass is 19.1. The van der Waals surface area contributed by atoms with Gasteiger partial charge in [0.1, 0.15) is 17.2 Å². The van der Waals surface area contributed by atoms with E-state index in [9.17, 15) is 13.6 Å². The molecule has 0 aromatic heterocycles. The van der Waals surface area contributed by atoms with E-state index in [2.05, 4.69) is 11.4 Å². The Morgan fingerprint density at radius 1 is 1.00 bits per heavy atom. The smallest absolute Gasteiger partial charge is 0.261 e. The molecular weight excluding hydrogens is 334 g/mol. The number of carbonyl (C=O) groups excluding carboxylic acids is 1. The van der Waals surface area contributed by atoms with Gasteiger partial charge in [0.15, 0.2) is 0 Å². The van der Waals surface area contributed by atoms with Gasteiger partial charge < -0.3 is 5.32 Å². The predicted octanol–water partition coefficient (Wildman–Crippen LogP) is 5.06. The summed E-state index contributed by atoms with van der Waals surface area (Å²) >= 11 is 0. The number of amides is 1. The number of hydrogen-bond acceptors (Lipinski definition) is 2. The fourth-order valence-corrected chi connectivity index (χ4v) is 2.64. The van der Waals surface area contributed by atoms with Crippen LogP contribution in [-0.4, -0.2) is 5.91 Å². The molecule has 0 unspecified atom stereocenters. The van der Waals surface area contributed by atoms with Gasteiger partial charge in [-0.3, -0.25) is 4.79 Å². The van der Waals surface area contributed by atoms with Gasteiger partial charge in [0.2, 0.25) is 0 Å². The second-order valence-corrected chi connectivity index (χ2v) is 5.77. The van der Waals surface area contributed by atoms with Crippen molar-refractivity contribution in [1.82, 2.24) is 0 Å². The van der Waals surface area contributed by atoms with E-state index in [1.807, 2.05) is 13.0 Å². The van der Waals surface area contributed by atoms with E-state index in [-0.39, 0.29) is 0 Å². The second-order valence-electron chi connectivity index (χ2n) is 5.77. The van der Waals surface area contributed by atoms with Crippen LogP contribution in [0.1, 0.15) is 21.5 Å². The summed E-state index contributed by atoms with van der Waals surface area (Å²) in [5.41, 5.74) is 3.13. The van der Waals surface area contributed by atoms with Gasteiger partial charge in [0, 0.05) is 5.69 Å². The zero-order chi connectivity index (χ0) is 18.7. The fraction of sp³-hybridized carbons (Fsp3) is 0.0476. The second kappa shape index (κ2) is 7.16. The fourth-order valence-electron chi connectivity index (χ4n) is 2.64. The maximum absolute atomic E-state index is 13.7. The average molecular weight is 348 g/mol. The SMILES string of the molecule is Cc1ccc(C#N)cc1-c1ccc(NC(=O)c2c(F)cccc2F)cc1. The molecule has 0 radical (unpaired) electrons. The Morgan fingerprint density at radius 3 is 2.27 bits per heavy atom. The number of halogens is 2. The highest BCUT2D eigenvalue weighted by Crippen LogP contribution is 2.26. The first-order chi connectivity index (χ1) is 12.5. The molecule has 1 N–H and O–H groups in total. The minimum Gasteiger partial charge on any atom is -0.322 e. The molecule has 3 rings (SSSR count). The Bertz CT molecular complexity index is 1000. The lowest BCUT2D eigenvalue weighted by molar-refractivity contribution is 0.101. The number of nitriles is 1. The summed E-state index contributed by atoms with van der Waals surface area (Å²) in [5.74, 6) is -2.68. The maximum Gasteiger partial charge on any atom is 0.261 e. The van der Waals surface area contributed by atoms with E-state index in [0.29, 0.717) is 11.3 Å². The molecule has 1 amide bonds. The predicted molar refractivity (Wildman–Crippen MR) is 95.6 cm³/mol. The Balaban J connectivity index is 1.85. The molecular formula is C21H14F2N2O.